The Morgan fingerprint density at radius 3 is 2.10 bits per heavy atom. The van der Waals surface area contributed by atoms with Crippen molar-refractivity contribution in [3.05, 3.63) is 0 Å². The third-order valence-corrected chi connectivity index (χ3v) is 3.50. The predicted molar refractivity (Wildman–Crippen MR) is 44.2 cm³/mol. The van der Waals surface area contributed by atoms with E-state index in [4.69, 9.17) is 4.74 Å². The Morgan fingerprint density at radius 1 is 1.20 bits per heavy atom. The lowest BCUT2D eigenvalue weighted by Crippen LogP contribution is -2.46. The van der Waals surface area contributed by atoms with Crippen molar-refractivity contribution in [2.24, 2.45) is 5.41 Å². The molecule has 1 aliphatic carbocycles. The third kappa shape index (κ3) is 0.978. The first-order chi connectivity index (χ1) is 4.62. The van der Waals surface area contributed by atoms with Gasteiger partial charge in [0.05, 0.1) is 6.61 Å². The van der Waals surface area contributed by atoms with Gasteiger partial charge in [-0.3, -0.25) is 0 Å². The zero-order valence-corrected chi connectivity index (χ0v) is 7.29. The third-order valence-electron chi connectivity index (χ3n) is 2.93. The van der Waals surface area contributed by atoms with Crippen LogP contribution in [0.5, 0.6) is 0 Å². The molecule has 0 aromatic rings. The lowest BCUT2D eigenvalue weighted by atomic mass is 9.72. The van der Waals surface area contributed by atoms with Gasteiger partial charge < -0.3 is 4.74 Å². The minimum Gasteiger partial charge on any atom is -0.364 e. The fourth-order valence-corrected chi connectivity index (χ4v) is 2.13. The molecule has 0 aromatic heterocycles. The highest BCUT2D eigenvalue weighted by Crippen LogP contribution is 2.49. The maximum atomic E-state index is 5.63. The van der Waals surface area contributed by atoms with E-state index in [-0.39, 0.29) is 4.93 Å². The van der Waals surface area contributed by atoms with Crippen molar-refractivity contribution < 1.29 is 4.74 Å². The molecule has 2 heterocycles. The SMILES string of the molecule is CC12CCC(S)(CC1)OC2. The minimum absolute atomic E-state index is 0.0439. The van der Waals surface area contributed by atoms with Gasteiger partial charge in [0.25, 0.3) is 0 Å². The normalized spacial score (nSPS) is 53.4. The van der Waals surface area contributed by atoms with Gasteiger partial charge in [-0.25, -0.2) is 0 Å². The molecule has 2 heteroatoms. The van der Waals surface area contributed by atoms with Crippen LogP contribution in [0, 0.1) is 5.41 Å². The molecule has 3 aliphatic rings. The van der Waals surface area contributed by atoms with E-state index in [9.17, 15) is 0 Å². The van der Waals surface area contributed by atoms with Crippen LogP contribution in [0.3, 0.4) is 0 Å². The van der Waals surface area contributed by atoms with Crippen LogP contribution >= 0.6 is 12.6 Å². The van der Waals surface area contributed by atoms with Gasteiger partial charge >= 0.3 is 0 Å². The number of rotatable bonds is 0. The summed E-state index contributed by atoms with van der Waals surface area (Å²) in [5.74, 6) is 0. The molecule has 10 heavy (non-hydrogen) atoms. The van der Waals surface area contributed by atoms with Gasteiger partial charge in [-0.1, -0.05) is 6.92 Å². The van der Waals surface area contributed by atoms with Crippen LogP contribution < -0.4 is 0 Å². The van der Waals surface area contributed by atoms with Crippen LogP contribution in [-0.4, -0.2) is 11.5 Å². The Balaban J connectivity index is 2.16. The van der Waals surface area contributed by atoms with E-state index in [1.807, 2.05) is 0 Å². The molecule has 2 saturated heterocycles. The molecular formula is C8H14OS. The maximum Gasteiger partial charge on any atom is 0.111 e. The fraction of sp³-hybridized carbons (Fsp3) is 1.00. The Morgan fingerprint density at radius 2 is 1.80 bits per heavy atom. The van der Waals surface area contributed by atoms with Crippen molar-refractivity contribution in [3.8, 4) is 0 Å². The van der Waals surface area contributed by atoms with E-state index in [1.54, 1.807) is 0 Å². The van der Waals surface area contributed by atoms with Gasteiger partial charge in [0, 0.05) is 0 Å². The van der Waals surface area contributed by atoms with Crippen molar-refractivity contribution in [2.45, 2.75) is 37.5 Å². The van der Waals surface area contributed by atoms with Gasteiger partial charge in [-0.05, 0) is 31.1 Å². The van der Waals surface area contributed by atoms with Gasteiger partial charge in [-0.2, -0.15) is 0 Å². The van der Waals surface area contributed by atoms with E-state index < -0.39 is 0 Å². The van der Waals surface area contributed by atoms with Crippen molar-refractivity contribution in [3.63, 3.8) is 0 Å². The van der Waals surface area contributed by atoms with E-state index in [1.165, 1.54) is 12.8 Å². The zero-order valence-electron chi connectivity index (χ0n) is 6.39. The molecule has 0 radical (unpaired) electrons. The largest absolute Gasteiger partial charge is 0.364 e. The molecular weight excluding hydrogens is 144 g/mol. The number of hydrogen-bond donors (Lipinski definition) is 1. The van der Waals surface area contributed by atoms with E-state index in [2.05, 4.69) is 19.6 Å². The zero-order chi connectivity index (χ0) is 7.24. The summed E-state index contributed by atoms with van der Waals surface area (Å²) >= 11 is 4.50. The van der Waals surface area contributed by atoms with Crippen LogP contribution in [0.4, 0.5) is 0 Å². The van der Waals surface area contributed by atoms with Gasteiger partial charge in [0.1, 0.15) is 4.93 Å². The number of fused-ring (bicyclic) bond motifs is 3. The fourth-order valence-electron chi connectivity index (χ4n) is 1.84. The second-order valence-corrected chi connectivity index (χ2v) is 4.86. The molecule has 3 fully saturated rings. The highest BCUT2D eigenvalue weighted by Gasteiger charge is 2.45. The summed E-state index contributed by atoms with van der Waals surface area (Å²) in [6.07, 6.45) is 4.90. The molecule has 2 aliphatic heterocycles. The van der Waals surface area contributed by atoms with Gasteiger partial charge in [0.15, 0.2) is 0 Å². The summed E-state index contributed by atoms with van der Waals surface area (Å²) in [4.78, 5) is -0.0439. The van der Waals surface area contributed by atoms with Crippen LogP contribution in [0.2, 0.25) is 0 Å². The molecule has 0 unspecified atom stereocenters. The molecule has 58 valence electrons. The molecule has 0 aromatic carbocycles. The summed E-state index contributed by atoms with van der Waals surface area (Å²) in [6, 6.07) is 0. The van der Waals surface area contributed by atoms with Crippen LogP contribution in [0.25, 0.3) is 0 Å². The molecule has 0 atom stereocenters. The first-order valence-electron chi connectivity index (χ1n) is 3.98. The van der Waals surface area contributed by atoms with Crippen molar-refractivity contribution in [1.29, 1.82) is 0 Å². The van der Waals surface area contributed by atoms with E-state index in [0.717, 1.165) is 19.4 Å². The molecule has 2 bridgehead atoms. The lowest BCUT2D eigenvalue weighted by molar-refractivity contribution is -0.125. The average Bonchev–Trinajstić information content (AvgIpc) is 1.93. The van der Waals surface area contributed by atoms with Crippen LogP contribution in [0.15, 0.2) is 0 Å². The topological polar surface area (TPSA) is 9.23 Å². The molecule has 0 N–H and O–H groups in total. The first-order valence-corrected chi connectivity index (χ1v) is 4.43. The predicted octanol–water partition coefficient (Wildman–Crippen LogP) is 2.22. The summed E-state index contributed by atoms with van der Waals surface area (Å²) in [6.45, 7) is 3.25. The molecule has 1 saturated carbocycles. The maximum absolute atomic E-state index is 5.63. The number of ether oxygens (including phenoxy) is 1. The highest BCUT2D eigenvalue weighted by atomic mass is 32.1. The van der Waals surface area contributed by atoms with Gasteiger partial charge in [0.2, 0.25) is 0 Å². The molecule has 3 rings (SSSR count). The second-order valence-electron chi connectivity index (χ2n) is 4.05. The first kappa shape index (κ1) is 6.99. The Bertz CT molecular complexity index is 113. The quantitative estimate of drug-likeness (QED) is 0.532. The van der Waals surface area contributed by atoms with Crippen molar-refractivity contribution in [1.82, 2.24) is 0 Å². The van der Waals surface area contributed by atoms with Crippen molar-refractivity contribution in [2.75, 3.05) is 6.61 Å². The van der Waals surface area contributed by atoms with Gasteiger partial charge in [-0.15, -0.1) is 12.6 Å². The standard InChI is InChI=1S/C8H14OS/c1-7-2-4-8(10,5-3-7)9-6-7/h10H,2-6H2,1H3. The molecule has 1 nitrogen and oxygen atoms in total. The summed E-state index contributed by atoms with van der Waals surface area (Å²) in [5.41, 5.74) is 0.491. The Hall–Kier alpha value is 0.310. The Labute approximate surface area is 67.6 Å². The Kier molecular flexibility index (Phi) is 1.34. The lowest BCUT2D eigenvalue weighted by Gasteiger charge is -2.49. The second kappa shape index (κ2) is 1.92. The average molecular weight is 158 g/mol. The summed E-state index contributed by atoms with van der Waals surface area (Å²) in [7, 11) is 0. The number of thiol groups is 1. The summed E-state index contributed by atoms with van der Waals surface area (Å²) in [5, 5.41) is 0. The molecule has 0 spiro atoms. The van der Waals surface area contributed by atoms with Crippen molar-refractivity contribution >= 4 is 12.6 Å². The van der Waals surface area contributed by atoms with Crippen LogP contribution in [-0.2, 0) is 4.74 Å². The number of hydrogen-bond acceptors (Lipinski definition) is 2. The minimum atomic E-state index is -0.0439. The monoisotopic (exact) mass is 158 g/mol. The molecule has 0 amide bonds. The van der Waals surface area contributed by atoms with Crippen LogP contribution in [0.1, 0.15) is 32.6 Å². The summed E-state index contributed by atoms with van der Waals surface area (Å²) < 4.78 is 5.63. The van der Waals surface area contributed by atoms with E-state index >= 15 is 0 Å². The van der Waals surface area contributed by atoms with E-state index in [0.29, 0.717) is 5.41 Å². The highest BCUT2D eigenvalue weighted by molar-refractivity contribution is 7.81. The smallest absolute Gasteiger partial charge is 0.111 e.